The summed E-state index contributed by atoms with van der Waals surface area (Å²) in [4.78, 5) is 0. The van der Waals surface area contributed by atoms with Gasteiger partial charge in [0.25, 0.3) is 0 Å². The highest BCUT2D eigenvalue weighted by Crippen LogP contribution is 2.44. The van der Waals surface area contributed by atoms with Crippen molar-refractivity contribution in [3.63, 3.8) is 0 Å². The van der Waals surface area contributed by atoms with E-state index in [-0.39, 0.29) is 11.7 Å². The summed E-state index contributed by atoms with van der Waals surface area (Å²) in [5.74, 6) is 0. The van der Waals surface area contributed by atoms with Gasteiger partial charge >= 0.3 is 0 Å². The molecular weight excluding hydrogens is 124 g/mol. The second-order valence-corrected chi connectivity index (χ2v) is 2.91. The Kier molecular flexibility index (Phi) is 0.955. The third-order valence-electron chi connectivity index (χ3n) is 2.09. The molecule has 1 fully saturated rings. The number of rotatable bonds is 1. The maximum absolute atomic E-state index is 5.44. The number of hydrogen-bond donors (Lipinski definition) is 0. The smallest absolute Gasteiger partial charge is 0.116 e. The van der Waals surface area contributed by atoms with Crippen LogP contribution in [0.4, 0.5) is 0 Å². The van der Waals surface area contributed by atoms with E-state index in [1.54, 1.807) is 0 Å². The molecule has 1 saturated heterocycles. The number of hydrogen-bond acceptors (Lipinski definition) is 1. The molecule has 1 heterocycles. The molecule has 52 valence electrons. The normalized spacial score (nSPS) is 42.1. The Morgan fingerprint density at radius 1 is 1.80 bits per heavy atom. The van der Waals surface area contributed by atoms with Crippen LogP contribution in [0.15, 0.2) is 36.5 Å². The maximum Gasteiger partial charge on any atom is 0.116 e. The summed E-state index contributed by atoms with van der Waals surface area (Å²) in [5.41, 5.74) is 1.20. The minimum atomic E-state index is -0.00171. The van der Waals surface area contributed by atoms with Gasteiger partial charge in [-0.2, -0.15) is 0 Å². The van der Waals surface area contributed by atoms with Gasteiger partial charge in [0.05, 0.1) is 0 Å². The Labute approximate surface area is 60.7 Å². The molecule has 0 spiro atoms. The van der Waals surface area contributed by atoms with E-state index >= 15 is 0 Å². The zero-order valence-corrected chi connectivity index (χ0v) is 6.00. The van der Waals surface area contributed by atoms with Crippen LogP contribution in [0.25, 0.3) is 0 Å². The van der Waals surface area contributed by atoms with Crippen molar-refractivity contribution in [3.8, 4) is 0 Å². The average Bonchev–Trinajstić information content (AvgIpc) is 2.59. The molecule has 0 bridgehead atoms. The summed E-state index contributed by atoms with van der Waals surface area (Å²) in [6.07, 6.45) is 8.31. The third-order valence-corrected chi connectivity index (χ3v) is 2.09. The van der Waals surface area contributed by atoms with E-state index in [2.05, 4.69) is 19.6 Å². The highest BCUT2D eigenvalue weighted by Gasteiger charge is 2.52. The van der Waals surface area contributed by atoms with E-state index in [1.165, 1.54) is 5.57 Å². The SMILES string of the molecule is C=CC1=CC=CC2(C)OC12. The number of allylic oxidation sites excluding steroid dienone is 2. The van der Waals surface area contributed by atoms with E-state index in [0.29, 0.717) is 0 Å². The lowest BCUT2D eigenvalue weighted by molar-refractivity contribution is 0.355. The summed E-state index contributed by atoms with van der Waals surface area (Å²) in [6, 6.07) is 0. The average molecular weight is 134 g/mol. The van der Waals surface area contributed by atoms with Crippen molar-refractivity contribution in [2.24, 2.45) is 0 Å². The highest BCUT2D eigenvalue weighted by molar-refractivity contribution is 5.41. The van der Waals surface area contributed by atoms with Crippen LogP contribution in [-0.4, -0.2) is 11.7 Å². The van der Waals surface area contributed by atoms with Gasteiger partial charge in [-0.25, -0.2) is 0 Å². The molecule has 2 unspecified atom stereocenters. The van der Waals surface area contributed by atoms with Crippen molar-refractivity contribution in [2.75, 3.05) is 0 Å². The van der Waals surface area contributed by atoms with Gasteiger partial charge in [-0.1, -0.05) is 30.9 Å². The second-order valence-electron chi connectivity index (χ2n) is 2.91. The maximum atomic E-state index is 5.44. The van der Waals surface area contributed by atoms with Crippen LogP contribution in [0.1, 0.15) is 6.92 Å². The molecule has 2 aliphatic rings. The molecule has 1 nitrogen and oxygen atoms in total. The fourth-order valence-electron chi connectivity index (χ4n) is 1.36. The van der Waals surface area contributed by atoms with Gasteiger partial charge in [0.2, 0.25) is 0 Å². The van der Waals surface area contributed by atoms with E-state index in [0.717, 1.165) is 0 Å². The van der Waals surface area contributed by atoms with Gasteiger partial charge in [0, 0.05) is 0 Å². The molecule has 1 aliphatic carbocycles. The summed E-state index contributed by atoms with van der Waals surface area (Å²) >= 11 is 0. The van der Waals surface area contributed by atoms with Crippen LogP contribution in [0.5, 0.6) is 0 Å². The Morgan fingerprint density at radius 2 is 2.60 bits per heavy atom. The Bertz CT molecular complexity index is 237. The monoisotopic (exact) mass is 134 g/mol. The molecule has 10 heavy (non-hydrogen) atoms. The molecule has 2 rings (SSSR count). The molecule has 0 amide bonds. The topological polar surface area (TPSA) is 12.5 Å². The van der Waals surface area contributed by atoms with Gasteiger partial charge in [0.1, 0.15) is 11.7 Å². The quantitative estimate of drug-likeness (QED) is 0.498. The summed E-state index contributed by atoms with van der Waals surface area (Å²) in [7, 11) is 0. The van der Waals surface area contributed by atoms with Crippen molar-refractivity contribution < 1.29 is 4.74 Å². The standard InChI is InChI=1S/C9H10O/c1-3-7-5-4-6-9(2)8(7)10-9/h3-6,8H,1H2,2H3. The van der Waals surface area contributed by atoms with Crippen molar-refractivity contribution in [1.82, 2.24) is 0 Å². The van der Waals surface area contributed by atoms with Gasteiger partial charge in [-0.15, -0.1) is 0 Å². The first-order valence-electron chi connectivity index (χ1n) is 3.46. The Balaban J connectivity index is 2.33. The molecular formula is C9H10O. The molecule has 0 saturated carbocycles. The van der Waals surface area contributed by atoms with Crippen LogP contribution in [-0.2, 0) is 4.74 Å². The predicted molar refractivity (Wildman–Crippen MR) is 40.7 cm³/mol. The van der Waals surface area contributed by atoms with Crippen LogP contribution in [0.3, 0.4) is 0 Å². The Morgan fingerprint density at radius 3 is 3.20 bits per heavy atom. The lowest BCUT2D eigenvalue weighted by Crippen LogP contribution is -2.09. The van der Waals surface area contributed by atoms with Crippen LogP contribution >= 0.6 is 0 Å². The van der Waals surface area contributed by atoms with E-state index in [1.807, 2.05) is 18.2 Å². The molecule has 0 aromatic carbocycles. The zero-order valence-electron chi connectivity index (χ0n) is 6.00. The van der Waals surface area contributed by atoms with Gasteiger partial charge < -0.3 is 4.74 Å². The van der Waals surface area contributed by atoms with Gasteiger partial charge in [0.15, 0.2) is 0 Å². The molecule has 2 atom stereocenters. The van der Waals surface area contributed by atoms with Crippen molar-refractivity contribution in [3.05, 3.63) is 36.5 Å². The zero-order chi connectivity index (χ0) is 7.19. The van der Waals surface area contributed by atoms with E-state index in [9.17, 15) is 0 Å². The minimum Gasteiger partial charge on any atom is -0.357 e. The third kappa shape index (κ3) is 0.611. The number of fused-ring (bicyclic) bond motifs is 1. The molecule has 0 aromatic rings. The van der Waals surface area contributed by atoms with Crippen LogP contribution < -0.4 is 0 Å². The number of ether oxygens (including phenoxy) is 1. The summed E-state index contributed by atoms with van der Waals surface area (Å²) < 4.78 is 5.44. The lowest BCUT2D eigenvalue weighted by atomic mass is 9.96. The Hall–Kier alpha value is -0.820. The first-order valence-corrected chi connectivity index (χ1v) is 3.46. The van der Waals surface area contributed by atoms with Crippen molar-refractivity contribution in [1.29, 1.82) is 0 Å². The van der Waals surface area contributed by atoms with Crippen LogP contribution in [0.2, 0.25) is 0 Å². The van der Waals surface area contributed by atoms with Gasteiger partial charge in [-0.05, 0) is 12.5 Å². The molecule has 0 radical (unpaired) electrons. The predicted octanol–water partition coefficient (Wildman–Crippen LogP) is 1.83. The summed E-state index contributed by atoms with van der Waals surface area (Å²) in [5, 5.41) is 0. The second kappa shape index (κ2) is 1.61. The molecule has 0 aromatic heterocycles. The first-order chi connectivity index (χ1) is 4.76. The highest BCUT2D eigenvalue weighted by atomic mass is 16.6. The largest absolute Gasteiger partial charge is 0.357 e. The minimum absolute atomic E-state index is 0.00171. The van der Waals surface area contributed by atoms with Crippen molar-refractivity contribution in [2.45, 2.75) is 18.6 Å². The molecule has 0 N–H and O–H groups in total. The van der Waals surface area contributed by atoms with E-state index in [4.69, 9.17) is 4.74 Å². The fourth-order valence-corrected chi connectivity index (χ4v) is 1.36. The van der Waals surface area contributed by atoms with Crippen molar-refractivity contribution >= 4 is 0 Å². The lowest BCUT2D eigenvalue weighted by Gasteiger charge is -2.03. The van der Waals surface area contributed by atoms with Gasteiger partial charge in [-0.3, -0.25) is 0 Å². The summed E-state index contributed by atoms with van der Waals surface area (Å²) in [6.45, 7) is 5.80. The fraction of sp³-hybridized carbons (Fsp3) is 0.333. The molecule has 1 aliphatic heterocycles. The van der Waals surface area contributed by atoms with Crippen LogP contribution in [0, 0.1) is 0 Å². The first kappa shape index (κ1) is 5.93. The molecule has 1 heteroatoms. The van der Waals surface area contributed by atoms with E-state index < -0.39 is 0 Å². The number of epoxide rings is 1.